The molecule has 0 saturated carbocycles. The van der Waals surface area contributed by atoms with Crippen LogP contribution in [-0.4, -0.2) is 47.0 Å². The van der Waals surface area contributed by atoms with E-state index in [-0.39, 0.29) is 11.8 Å². The van der Waals surface area contributed by atoms with Gasteiger partial charge in [-0.25, -0.2) is 4.79 Å². The summed E-state index contributed by atoms with van der Waals surface area (Å²) in [6, 6.07) is -1.45. The molecule has 1 fully saturated rings. The van der Waals surface area contributed by atoms with Crippen LogP contribution in [0.1, 0.15) is 53.4 Å². The number of rotatable bonds is 5. The minimum absolute atomic E-state index is 0.254. The van der Waals surface area contributed by atoms with Crippen LogP contribution in [0.3, 0.4) is 0 Å². The van der Waals surface area contributed by atoms with Gasteiger partial charge in [0.25, 0.3) is 0 Å². The van der Waals surface area contributed by atoms with Crippen molar-refractivity contribution in [2.45, 2.75) is 71.1 Å². The van der Waals surface area contributed by atoms with Gasteiger partial charge < -0.3 is 20.7 Å². The monoisotopic (exact) mass is 403 g/mol. The maximum absolute atomic E-state index is 13.2. The summed E-state index contributed by atoms with van der Waals surface area (Å²) in [4.78, 5) is 38.8. The summed E-state index contributed by atoms with van der Waals surface area (Å²) in [6.07, 6.45) is 16.6. The molecule has 0 aromatic carbocycles. The van der Waals surface area contributed by atoms with E-state index in [1.807, 2.05) is 13.0 Å². The molecular formula is C22H33N3O4. The third kappa shape index (κ3) is 6.97. The molecular weight excluding hydrogens is 370 g/mol. The van der Waals surface area contributed by atoms with Crippen LogP contribution in [0.2, 0.25) is 0 Å². The smallest absolute Gasteiger partial charge is 0.408 e. The van der Waals surface area contributed by atoms with Crippen LogP contribution in [0.25, 0.3) is 0 Å². The average molecular weight is 404 g/mol. The zero-order valence-corrected chi connectivity index (χ0v) is 17.8. The van der Waals surface area contributed by atoms with Crippen molar-refractivity contribution in [1.82, 2.24) is 10.2 Å². The fourth-order valence-corrected chi connectivity index (χ4v) is 3.50. The number of hydrogen-bond donors (Lipinski definition) is 2. The van der Waals surface area contributed by atoms with Crippen LogP contribution in [0, 0.1) is 18.8 Å². The Balaban J connectivity index is 0.00000204. The van der Waals surface area contributed by atoms with Gasteiger partial charge in [-0.05, 0) is 52.0 Å². The number of nitrogens with two attached hydrogens (primary N) is 1. The van der Waals surface area contributed by atoms with Gasteiger partial charge in [-0.1, -0.05) is 25.2 Å². The quantitative estimate of drug-likeness (QED) is 0.689. The highest BCUT2D eigenvalue weighted by Gasteiger charge is 2.39. The summed E-state index contributed by atoms with van der Waals surface area (Å²) in [7, 11) is 0. The third-order valence-electron chi connectivity index (χ3n) is 4.85. The van der Waals surface area contributed by atoms with Gasteiger partial charge in [0, 0.05) is 12.5 Å². The first-order valence-electron chi connectivity index (χ1n) is 9.89. The first-order chi connectivity index (χ1) is 13.6. The highest BCUT2D eigenvalue weighted by Crippen LogP contribution is 2.26. The number of alkyl carbamates (subject to hydrolysis) is 1. The number of allylic oxidation sites excluding steroid dienone is 3. The summed E-state index contributed by atoms with van der Waals surface area (Å²) in [5, 5.41) is 2.73. The molecule has 1 aliphatic carbocycles. The lowest BCUT2D eigenvalue weighted by atomic mass is 9.88. The van der Waals surface area contributed by atoms with Crippen molar-refractivity contribution in [2.24, 2.45) is 11.7 Å². The molecule has 0 aromatic rings. The van der Waals surface area contributed by atoms with Crippen LogP contribution in [0.15, 0.2) is 23.8 Å². The molecule has 29 heavy (non-hydrogen) atoms. The van der Waals surface area contributed by atoms with Crippen molar-refractivity contribution in [3.63, 3.8) is 0 Å². The van der Waals surface area contributed by atoms with Gasteiger partial charge in [-0.15, -0.1) is 12.8 Å². The Morgan fingerprint density at radius 3 is 2.45 bits per heavy atom. The van der Waals surface area contributed by atoms with E-state index >= 15 is 0 Å². The minimum atomic E-state index is -0.825. The van der Waals surface area contributed by atoms with E-state index in [4.69, 9.17) is 10.5 Å². The van der Waals surface area contributed by atoms with E-state index in [1.165, 1.54) is 4.90 Å². The summed E-state index contributed by atoms with van der Waals surface area (Å²) in [5.74, 6) is -1.06. The van der Waals surface area contributed by atoms with Gasteiger partial charge in [-0.3, -0.25) is 9.59 Å². The third-order valence-corrected chi connectivity index (χ3v) is 4.85. The molecule has 160 valence electrons. The largest absolute Gasteiger partial charge is 0.444 e. The predicted octanol–water partition coefficient (Wildman–Crippen LogP) is 2.52. The fourth-order valence-electron chi connectivity index (χ4n) is 3.50. The maximum Gasteiger partial charge on any atom is 0.408 e. The molecule has 0 radical (unpaired) electrons. The Morgan fingerprint density at radius 2 is 1.93 bits per heavy atom. The van der Waals surface area contributed by atoms with Crippen molar-refractivity contribution in [3.05, 3.63) is 23.8 Å². The molecule has 0 aromatic heterocycles. The van der Waals surface area contributed by atoms with Crippen molar-refractivity contribution in [1.29, 1.82) is 0 Å². The molecule has 1 saturated heterocycles. The summed E-state index contributed by atoms with van der Waals surface area (Å²) < 4.78 is 5.34. The van der Waals surface area contributed by atoms with Crippen LogP contribution in [0.4, 0.5) is 4.79 Å². The standard InChI is InChI=1S/C20H31N3O4.C2H2/c1-13(14-9-6-5-7-10-14)16(22-19(26)27-20(2,3)4)18(25)23-12-8-11-15(23)17(21)24;1-2/h6,9-10,13,15-16H,5,7-8,11-12H2,1-4H3,(H2,21,24)(H,22,26);1-2H/t13?,15-,16?;/m0./s1. The van der Waals surface area contributed by atoms with E-state index in [1.54, 1.807) is 20.8 Å². The van der Waals surface area contributed by atoms with Gasteiger partial charge in [-0.2, -0.15) is 0 Å². The first-order valence-corrected chi connectivity index (χ1v) is 9.89. The first kappa shape index (κ1) is 24.3. The molecule has 3 atom stereocenters. The van der Waals surface area contributed by atoms with Crippen LogP contribution < -0.4 is 11.1 Å². The highest BCUT2D eigenvalue weighted by molar-refractivity contribution is 5.91. The van der Waals surface area contributed by atoms with Crippen LogP contribution in [-0.2, 0) is 14.3 Å². The number of nitrogens with one attached hydrogen (secondary N) is 1. The van der Waals surface area contributed by atoms with Gasteiger partial charge in [0.15, 0.2) is 0 Å². The normalized spacial score (nSPS) is 20.6. The lowest BCUT2D eigenvalue weighted by molar-refractivity contribution is -0.139. The molecule has 0 spiro atoms. The molecule has 2 rings (SSSR count). The predicted molar refractivity (Wildman–Crippen MR) is 113 cm³/mol. The second-order valence-corrected chi connectivity index (χ2v) is 8.19. The van der Waals surface area contributed by atoms with E-state index in [0.717, 1.165) is 24.8 Å². The number of hydrogen-bond acceptors (Lipinski definition) is 4. The lowest BCUT2D eigenvalue weighted by Crippen LogP contribution is -2.55. The summed E-state index contributed by atoms with van der Waals surface area (Å²) in [6.45, 7) is 7.66. The Bertz CT molecular complexity index is 688. The van der Waals surface area contributed by atoms with E-state index < -0.39 is 29.7 Å². The molecule has 1 heterocycles. The Kier molecular flexibility index (Phi) is 8.96. The number of carbonyl (C=O) groups is 3. The maximum atomic E-state index is 13.2. The zero-order valence-electron chi connectivity index (χ0n) is 17.8. The Morgan fingerprint density at radius 1 is 1.28 bits per heavy atom. The molecule has 7 heteroatoms. The summed E-state index contributed by atoms with van der Waals surface area (Å²) in [5.41, 5.74) is 5.78. The SMILES string of the molecule is C#C.CC(C1=CCCC=C1)C(NC(=O)OC(C)(C)C)C(=O)N1CCC[C@H]1C(N)=O. The number of ether oxygens (including phenoxy) is 1. The summed E-state index contributed by atoms with van der Waals surface area (Å²) >= 11 is 0. The minimum Gasteiger partial charge on any atom is -0.444 e. The number of primary amides is 1. The highest BCUT2D eigenvalue weighted by atomic mass is 16.6. The second-order valence-electron chi connectivity index (χ2n) is 8.19. The number of likely N-dealkylation sites (tertiary alicyclic amines) is 1. The average Bonchev–Trinajstić information content (AvgIpc) is 3.16. The number of terminal acetylenes is 1. The second kappa shape index (κ2) is 10.7. The molecule has 1 aliphatic heterocycles. The Labute approximate surface area is 173 Å². The Hall–Kier alpha value is -2.75. The molecule has 2 unspecified atom stereocenters. The van der Waals surface area contributed by atoms with Crippen molar-refractivity contribution < 1.29 is 19.1 Å². The number of amides is 3. The van der Waals surface area contributed by atoms with Gasteiger partial charge in [0.05, 0.1) is 0 Å². The van der Waals surface area contributed by atoms with Crippen LogP contribution >= 0.6 is 0 Å². The van der Waals surface area contributed by atoms with E-state index in [2.05, 4.69) is 30.3 Å². The fraction of sp³-hybridized carbons (Fsp3) is 0.591. The zero-order chi connectivity index (χ0) is 22.2. The molecule has 3 amide bonds. The van der Waals surface area contributed by atoms with Gasteiger partial charge in [0.2, 0.25) is 11.8 Å². The number of carbonyl (C=O) groups excluding carboxylic acids is 3. The lowest BCUT2D eigenvalue weighted by Gasteiger charge is -2.32. The van der Waals surface area contributed by atoms with Crippen molar-refractivity contribution in [3.8, 4) is 12.8 Å². The van der Waals surface area contributed by atoms with Crippen molar-refractivity contribution >= 4 is 17.9 Å². The molecule has 7 nitrogen and oxygen atoms in total. The topological polar surface area (TPSA) is 102 Å². The van der Waals surface area contributed by atoms with Gasteiger partial charge in [0.1, 0.15) is 17.7 Å². The van der Waals surface area contributed by atoms with E-state index in [0.29, 0.717) is 13.0 Å². The van der Waals surface area contributed by atoms with E-state index in [9.17, 15) is 14.4 Å². The van der Waals surface area contributed by atoms with Crippen LogP contribution in [0.5, 0.6) is 0 Å². The van der Waals surface area contributed by atoms with Gasteiger partial charge >= 0.3 is 6.09 Å². The molecule has 2 aliphatic rings. The molecule has 3 N–H and O–H groups in total. The van der Waals surface area contributed by atoms with Crippen molar-refractivity contribution in [2.75, 3.05) is 6.54 Å². The number of nitrogens with zero attached hydrogens (tertiary/aromatic N) is 1. The molecule has 0 bridgehead atoms.